The smallest absolute Gasteiger partial charge is 0.226 e. The van der Waals surface area contributed by atoms with Gasteiger partial charge in [0.25, 0.3) is 0 Å². The van der Waals surface area contributed by atoms with Crippen LogP contribution in [-0.4, -0.2) is 43.4 Å². The van der Waals surface area contributed by atoms with Crippen molar-refractivity contribution in [2.45, 2.75) is 44.6 Å². The molecule has 3 N–H and O–H groups in total. The molecule has 0 radical (unpaired) electrons. The van der Waals surface area contributed by atoms with E-state index in [2.05, 4.69) is 10.6 Å². The van der Waals surface area contributed by atoms with Crippen LogP contribution in [0.2, 0.25) is 0 Å². The van der Waals surface area contributed by atoms with Crippen LogP contribution in [0.15, 0.2) is 18.2 Å². The Balaban J connectivity index is 1.06. The lowest BCUT2D eigenvalue weighted by Crippen LogP contribution is -2.54. The van der Waals surface area contributed by atoms with Crippen LogP contribution in [0.4, 0.5) is 0 Å². The van der Waals surface area contributed by atoms with Gasteiger partial charge in [-0.15, -0.1) is 0 Å². The van der Waals surface area contributed by atoms with Gasteiger partial charge < -0.3 is 25.2 Å². The first-order chi connectivity index (χ1) is 13.6. The Morgan fingerprint density at radius 1 is 1.11 bits per heavy atom. The third kappa shape index (κ3) is 3.32. The molecular weight excluding hydrogens is 356 g/mol. The van der Waals surface area contributed by atoms with E-state index in [-0.39, 0.29) is 23.2 Å². The zero-order chi connectivity index (χ0) is 19.1. The molecule has 1 aromatic rings. The number of para-hydroxylation sites is 1. The summed E-state index contributed by atoms with van der Waals surface area (Å²) >= 11 is 0. The number of benzene rings is 1. The van der Waals surface area contributed by atoms with E-state index >= 15 is 0 Å². The molecule has 0 spiro atoms. The number of hydrogen-bond donors (Lipinski definition) is 3. The first kappa shape index (κ1) is 18.1. The lowest BCUT2D eigenvalue weighted by atomic mass is 9.49. The highest BCUT2D eigenvalue weighted by molar-refractivity contribution is 5.83. The van der Waals surface area contributed by atoms with E-state index in [0.717, 1.165) is 37.0 Å². The molecule has 6 heteroatoms. The second-order valence-corrected chi connectivity index (χ2v) is 9.31. The van der Waals surface area contributed by atoms with Crippen LogP contribution < -0.4 is 20.1 Å². The van der Waals surface area contributed by atoms with Gasteiger partial charge in [-0.1, -0.05) is 6.07 Å². The van der Waals surface area contributed by atoms with Gasteiger partial charge >= 0.3 is 0 Å². The highest BCUT2D eigenvalue weighted by atomic mass is 16.6. The summed E-state index contributed by atoms with van der Waals surface area (Å²) in [7, 11) is 0. The van der Waals surface area contributed by atoms with Crippen LogP contribution in [0.3, 0.4) is 0 Å². The summed E-state index contributed by atoms with van der Waals surface area (Å²) < 4.78 is 11.5. The number of nitrogens with one attached hydrogen (secondary N) is 2. The molecule has 4 bridgehead atoms. The van der Waals surface area contributed by atoms with Crippen LogP contribution in [0.25, 0.3) is 0 Å². The first-order valence-electron chi connectivity index (χ1n) is 10.7. The van der Waals surface area contributed by atoms with E-state index < -0.39 is 0 Å². The summed E-state index contributed by atoms with van der Waals surface area (Å²) in [5.74, 6) is 3.75. The Morgan fingerprint density at radius 3 is 2.54 bits per heavy atom. The van der Waals surface area contributed by atoms with Crippen LogP contribution in [-0.2, 0) is 4.79 Å². The fourth-order valence-electron chi connectivity index (χ4n) is 6.32. The third-order valence-electron chi connectivity index (χ3n) is 7.15. The predicted octanol–water partition coefficient (Wildman–Crippen LogP) is 2.45. The quantitative estimate of drug-likeness (QED) is 0.655. The van der Waals surface area contributed by atoms with Crippen LogP contribution in [0.5, 0.6) is 17.2 Å². The standard InChI is InChI=1S/C22H30N2O4/c25-18-2-1-3-19-20(18)28-17(13-27-19)12-23-4-5-24-21(26)22-9-14-6-15(10-22)8-16(7-14)11-22/h1-3,14-17,23,25H,4-13H2,(H,24,26). The Hall–Kier alpha value is -1.95. The first-order valence-corrected chi connectivity index (χ1v) is 10.7. The summed E-state index contributed by atoms with van der Waals surface area (Å²) in [6.45, 7) is 2.39. The second kappa shape index (κ2) is 7.14. The monoisotopic (exact) mass is 386 g/mol. The van der Waals surface area contributed by atoms with Gasteiger partial charge in [0.2, 0.25) is 11.7 Å². The number of phenols is 1. The topological polar surface area (TPSA) is 79.8 Å². The SMILES string of the molecule is O=C(NCCNCC1COc2cccc(O)c2O1)C12CC3CC(CC(C3)C1)C2. The summed E-state index contributed by atoms with van der Waals surface area (Å²) in [5.41, 5.74) is -0.0731. The highest BCUT2D eigenvalue weighted by Crippen LogP contribution is 2.60. The fourth-order valence-corrected chi connectivity index (χ4v) is 6.32. The minimum atomic E-state index is -0.153. The van der Waals surface area contributed by atoms with Crippen LogP contribution in [0.1, 0.15) is 38.5 Å². The van der Waals surface area contributed by atoms with Crippen LogP contribution >= 0.6 is 0 Å². The Labute approximate surface area is 166 Å². The number of aromatic hydroxyl groups is 1. The van der Waals surface area contributed by atoms with Gasteiger partial charge in [0, 0.05) is 25.0 Å². The number of carbonyl (C=O) groups excluding carboxylic acids is 1. The Bertz CT molecular complexity index is 715. The number of fused-ring (bicyclic) bond motifs is 1. The molecule has 1 aromatic carbocycles. The van der Waals surface area contributed by atoms with Gasteiger partial charge in [-0.2, -0.15) is 0 Å². The summed E-state index contributed by atoms with van der Waals surface area (Å²) in [6.07, 6.45) is 7.24. The molecule has 0 aromatic heterocycles. The molecule has 5 aliphatic rings. The normalized spacial score (nSPS) is 35.0. The maximum absolute atomic E-state index is 12.9. The number of carbonyl (C=O) groups is 1. The molecule has 1 aliphatic heterocycles. The maximum atomic E-state index is 12.9. The molecule has 4 aliphatic carbocycles. The van der Waals surface area contributed by atoms with Crippen molar-refractivity contribution in [3.05, 3.63) is 18.2 Å². The molecular formula is C22H30N2O4. The molecule has 6 rings (SSSR count). The van der Waals surface area contributed by atoms with Gasteiger partial charge in [0.15, 0.2) is 11.5 Å². The molecule has 1 atom stereocenters. The van der Waals surface area contributed by atoms with Crippen molar-refractivity contribution in [1.29, 1.82) is 0 Å². The molecule has 152 valence electrons. The fraction of sp³-hybridized carbons (Fsp3) is 0.682. The van der Waals surface area contributed by atoms with E-state index in [1.807, 2.05) is 0 Å². The number of rotatable bonds is 6. The minimum Gasteiger partial charge on any atom is -0.504 e. The summed E-state index contributed by atoms with van der Waals surface area (Å²) in [4.78, 5) is 12.9. The lowest BCUT2D eigenvalue weighted by Gasteiger charge is -2.55. The van der Waals surface area contributed by atoms with Crippen LogP contribution in [0, 0.1) is 23.2 Å². The van der Waals surface area contributed by atoms with E-state index in [0.29, 0.717) is 37.7 Å². The lowest BCUT2D eigenvalue weighted by molar-refractivity contribution is -0.146. The van der Waals surface area contributed by atoms with E-state index in [4.69, 9.17) is 9.47 Å². The van der Waals surface area contributed by atoms with Crippen molar-refractivity contribution in [2.75, 3.05) is 26.2 Å². The number of ether oxygens (including phenoxy) is 2. The zero-order valence-electron chi connectivity index (χ0n) is 16.3. The summed E-state index contributed by atoms with van der Waals surface area (Å²) in [5, 5.41) is 16.4. The van der Waals surface area contributed by atoms with Gasteiger partial charge in [-0.25, -0.2) is 0 Å². The molecule has 1 unspecified atom stereocenters. The second-order valence-electron chi connectivity index (χ2n) is 9.31. The zero-order valence-corrected chi connectivity index (χ0v) is 16.3. The largest absolute Gasteiger partial charge is 0.504 e. The van der Waals surface area contributed by atoms with Crippen molar-refractivity contribution in [2.24, 2.45) is 23.2 Å². The molecule has 0 saturated heterocycles. The van der Waals surface area contributed by atoms with Crippen molar-refractivity contribution >= 4 is 5.91 Å². The van der Waals surface area contributed by atoms with Gasteiger partial charge in [0.05, 0.1) is 0 Å². The highest BCUT2D eigenvalue weighted by Gasteiger charge is 2.54. The molecule has 4 fully saturated rings. The van der Waals surface area contributed by atoms with Crippen molar-refractivity contribution in [3.63, 3.8) is 0 Å². The van der Waals surface area contributed by atoms with E-state index in [9.17, 15) is 9.90 Å². The maximum Gasteiger partial charge on any atom is 0.226 e. The number of amides is 1. The molecule has 28 heavy (non-hydrogen) atoms. The predicted molar refractivity (Wildman–Crippen MR) is 105 cm³/mol. The van der Waals surface area contributed by atoms with E-state index in [1.165, 1.54) is 19.3 Å². The van der Waals surface area contributed by atoms with Gasteiger partial charge in [-0.3, -0.25) is 4.79 Å². The van der Waals surface area contributed by atoms with E-state index in [1.54, 1.807) is 18.2 Å². The average Bonchev–Trinajstić information content (AvgIpc) is 2.67. The third-order valence-corrected chi connectivity index (χ3v) is 7.15. The Morgan fingerprint density at radius 2 is 1.82 bits per heavy atom. The molecule has 6 nitrogen and oxygen atoms in total. The van der Waals surface area contributed by atoms with Crippen molar-refractivity contribution in [3.8, 4) is 17.2 Å². The van der Waals surface area contributed by atoms with Gasteiger partial charge in [-0.05, 0) is 68.4 Å². The van der Waals surface area contributed by atoms with Gasteiger partial charge in [0.1, 0.15) is 12.7 Å². The number of hydrogen-bond acceptors (Lipinski definition) is 5. The van der Waals surface area contributed by atoms with Crippen molar-refractivity contribution < 1.29 is 19.4 Å². The average molecular weight is 386 g/mol. The molecule has 1 amide bonds. The molecule has 4 saturated carbocycles. The molecule has 1 heterocycles. The number of phenolic OH excluding ortho intramolecular Hbond substituents is 1. The Kier molecular flexibility index (Phi) is 4.62. The van der Waals surface area contributed by atoms with Crippen molar-refractivity contribution in [1.82, 2.24) is 10.6 Å². The summed E-state index contributed by atoms with van der Waals surface area (Å²) in [6, 6.07) is 5.12. The minimum absolute atomic E-state index is 0.0731.